The second kappa shape index (κ2) is 5.44. The molecule has 0 aromatic heterocycles. The maximum Gasteiger partial charge on any atom is 0.335 e. The highest BCUT2D eigenvalue weighted by Gasteiger charge is 2.03. The van der Waals surface area contributed by atoms with Crippen molar-refractivity contribution < 1.29 is 14.6 Å². The smallest absolute Gasteiger partial charge is 0.335 e. The first-order valence-electron chi connectivity index (χ1n) is 5.85. The van der Waals surface area contributed by atoms with Crippen molar-refractivity contribution in [3.8, 4) is 11.5 Å². The molecule has 0 aliphatic rings. The zero-order valence-electron chi connectivity index (χ0n) is 10.8. The lowest BCUT2D eigenvalue weighted by Gasteiger charge is -2.13. The molecule has 2 aromatic carbocycles. The summed E-state index contributed by atoms with van der Waals surface area (Å²) >= 11 is 0. The van der Waals surface area contributed by atoms with Crippen LogP contribution in [0.2, 0.25) is 0 Å². The monoisotopic (exact) mass is 257 g/mol. The van der Waals surface area contributed by atoms with Gasteiger partial charge in [-0.3, -0.25) is 0 Å². The molecule has 0 spiro atoms. The van der Waals surface area contributed by atoms with Crippen LogP contribution in [0, 0.1) is 0 Å². The Kier molecular flexibility index (Phi) is 3.71. The number of rotatable bonds is 4. The van der Waals surface area contributed by atoms with Gasteiger partial charge in [0.25, 0.3) is 0 Å². The molecular formula is C15H15NO3. The molecule has 2 rings (SSSR count). The number of aromatic carboxylic acids is 1. The number of carbonyl (C=O) groups is 1. The Balaban J connectivity index is 2.10. The van der Waals surface area contributed by atoms with Crippen LogP contribution in [0.25, 0.3) is 0 Å². The molecule has 2 aromatic rings. The van der Waals surface area contributed by atoms with Crippen LogP contribution in [-0.2, 0) is 0 Å². The second-order valence-electron chi connectivity index (χ2n) is 4.32. The number of hydrogen-bond acceptors (Lipinski definition) is 3. The van der Waals surface area contributed by atoms with Crippen molar-refractivity contribution in [1.82, 2.24) is 0 Å². The molecule has 0 radical (unpaired) electrons. The first-order valence-corrected chi connectivity index (χ1v) is 5.85. The van der Waals surface area contributed by atoms with Crippen molar-refractivity contribution in [3.05, 3.63) is 54.1 Å². The summed E-state index contributed by atoms with van der Waals surface area (Å²) in [6.07, 6.45) is 0. The fraction of sp³-hybridized carbons (Fsp3) is 0.133. The van der Waals surface area contributed by atoms with E-state index < -0.39 is 5.97 Å². The SMILES string of the molecule is CN(C)c1ccc(Oc2ccc(C(=O)O)cc2)cc1. The van der Waals surface area contributed by atoms with E-state index in [9.17, 15) is 4.79 Å². The maximum atomic E-state index is 10.7. The van der Waals surface area contributed by atoms with E-state index >= 15 is 0 Å². The van der Waals surface area contributed by atoms with Gasteiger partial charge in [-0.2, -0.15) is 0 Å². The lowest BCUT2D eigenvalue weighted by atomic mass is 10.2. The van der Waals surface area contributed by atoms with Gasteiger partial charge in [-0.25, -0.2) is 4.79 Å². The van der Waals surface area contributed by atoms with Gasteiger partial charge in [0.2, 0.25) is 0 Å². The largest absolute Gasteiger partial charge is 0.478 e. The number of hydrogen-bond donors (Lipinski definition) is 1. The number of anilines is 1. The van der Waals surface area contributed by atoms with Gasteiger partial charge >= 0.3 is 5.97 Å². The van der Waals surface area contributed by atoms with Crippen LogP contribution in [0.4, 0.5) is 5.69 Å². The zero-order valence-corrected chi connectivity index (χ0v) is 10.8. The Hall–Kier alpha value is -2.49. The summed E-state index contributed by atoms with van der Waals surface area (Å²) in [4.78, 5) is 12.7. The van der Waals surface area contributed by atoms with Crippen LogP contribution in [0.15, 0.2) is 48.5 Å². The highest BCUT2D eigenvalue weighted by atomic mass is 16.5. The maximum absolute atomic E-state index is 10.7. The summed E-state index contributed by atoms with van der Waals surface area (Å²) in [5, 5.41) is 8.80. The van der Waals surface area contributed by atoms with Gasteiger partial charge in [0.05, 0.1) is 5.56 Å². The molecule has 0 aliphatic heterocycles. The second-order valence-corrected chi connectivity index (χ2v) is 4.32. The minimum absolute atomic E-state index is 0.246. The van der Waals surface area contributed by atoms with Crippen LogP contribution in [0.5, 0.6) is 11.5 Å². The van der Waals surface area contributed by atoms with Gasteiger partial charge in [-0.15, -0.1) is 0 Å². The van der Waals surface area contributed by atoms with Crippen molar-refractivity contribution >= 4 is 11.7 Å². The van der Waals surface area contributed by atoms with E-state index in [1.807, 2.05) is 43.3 Å². The summed E-state index contributed by atoms with van der Waals surface area (Å²) in [5.41, 5.74) is 1.34. The van der Waals surface area contributed by atoms with Crippen LogP contribution in [-0.4, -0.2) is 25.2 Å². The molecule has 0 amide bonds. The zero-order chi connectivity index (χ0) is 13.8. The van der Waals surface area contributed by atoms with Crippen molar-refractivity contribution in [2.24, 2.45) is 0 Å². The molecule has 19 heavy (non-hydrogen) atoms. The molecule has 0 saturated carbocycles. The molecule has 4 heteroatoms. The molecule has 1 N–H and O–H groups in total. The average molecular weight is 257 g/mol. The molecular weight excluding hydrogens is 242 g/mol. The third kappa shape index (κ3) is 3.25. The van der Waals surface area contributed by atoms with Gasteiger partial charge in [-0.1, -0.05) is 0 Å². The third-order valence-electron chi connectivity index (χ3n) is 2.69. The van der Waals surface area contributed by atoms with Crippen molar-refractivity contribution in [1.29, 1.82) is 0 Å². The van der Waals surface area contributed by atoms with Gasteiger partial charge in [0.1, 0.15) is 11.5 Å². The molecule has 0 bridgehead atoms. The van der Waals surface area contributed by atoms with Crippen LogP contribution >= 0.6 is 0 Å². The lowest BCUT2D eigenvalue weighted by Crippen LogP contribution is -2.07. The molecule has 98 valence electrons. The summed E-state index contributed by atoms with van der Waals surface area (Å²) in [5.74, 6) is 0.387. The van der Waals surface area contributed by atoms with Crippen LogP contribution < -0.4 is 9.64 Å². The highest BCUT2D eigenvalue weighted by molar-refractivity contribution is 5.87. The van der Waals surface area contributed by atoms with Gasteiger partial charge in [-0.05, 0) is 48.5 Å². The highest BCUT2D eigenvalue weighted by Crippen LogP contribution is 2.24. The lowest BCUT2D eigenvalue weighted by molar-refractivity contribution is 0.0697. The number of nitrogens with zero attached hydrogens (tertiary/aromatic N) is 1. The molecule has 0 saturated heterocycles. The molecule has 4 nitrogen and oxygen atoms in total. The van der Waals surface area contributed by atoms with Crippen molar-refractivity contribution in [3.63, 3.8) is 0 Å². The standard InChI is InChI=1S/C15H15NO3/c1-16(2)12-5-9-14(10-6-12)19-13-7-3-11(4-8-13)15(17)18/h3-10H,1-2H3,(H,17,18). The summed E-state index contributed by atoms with van der Waals surface area (Å²) < 4.78 is 5.64. The molecule has 0 heterocycles. The Morgan fingerprint density at radius 3 is 1.84 bits per heavy atom. The average Bonchev–Trinajstić information content (AvgIpc) is 2.40. The number of carboxylic acids is 1. The Morgan fingerprint density at radius 1 is 0.947 bits per heavy atom. The van der Waals surface area contributed by atoms with Crippen molar-refractivity contribution in [2.75, 3.05) is 19.0 Å². The van der Waals surface area contributed by atoms with Gasteiger partial charge < -0.3 is 14.7 Å². The molecule has 0 aliphatic carbocycles. The fourth-order valence-corrected chi connectivity index (χ4v) is 1.61. The van der Waals surface area contributed by atoms with Gasteiger partial charge in [0.15, 0.2) is 0 Å². The molecule has 0 atom stereocenters. The summed E-state index contributed by atoms with van der Waals surface area (Å²) in [6.45, 7) is 0. The van der Waals surface area contributed by atoms with E-state index in [0.29, 0.717) is 11.5 Å². The van der Waals surface area contributed by atoms with E-state index in [1.54, 1.807) is 12.1 Å². The minimum atomic E-state index is -0.943. The number of carboxylic acid groups (broad SMARTS) is 1. The van der Waals surface area contributed by atoms with E-state index in [1.165, 1.54) is 12.1 Å². The van der Waals surface area contributed by atoms with Crippen LogP contribution in [0.3, 0.4) is 0 Å². The fourth-order valence-electron chi connectivity index (χ4n) is 1.61. The predicted octanol–water partition coefficient (Wildman–Crippen LogP) is 3.24. The number of ether oxygens (including phenoxy) is 1. The predicted molar refractivity (Wildman–Crippen MR) is 74.2 cm³/mol. The topological polar surface area (TPSA) is 49.8 Å². The summed E-state index contributed by atoms with van der Waals surface area (Å²) in [6, 6.07) is 14.0. The van der Waals surface area contributed by atoms with Crippen molar-refractivity contribution in [2.45, 2.75) is 0 Å². The molecule has 0 unspecified atom stereocenters. The normalized spacial score (nSPS) is 10.0. The van der Waals surface area contributed by atoms with E-state index in [0.717, 1.165) is 5.69 Å². The van der Waals surface area contributed by atoms with Crippen LogP contribution in [0.1, 0.15) is 10.4 Å². The van der Waals surface area contributed by atoms with E-state index in [-0.39, 0.29) is 5.56 Å². The Bertz CT molecular complexity index is 559. The first kappa shape index (κ1) is 13.0. The quantitative estimate of drug-likeness (QED) is 0.913. The Morgan fingerprint density at radius 2 is 1.42 bits per heavy atom. The molecule has 0 fully saturated rings. The van der Waals surface area contributed by atoms with E-state index in [2.05, 4.69) is 0 Å². The first-order chi connectivity index (χ1) is 9.06. The third-order valence-corrected chi connectivity index (χ3v) is 2.69. The number of benzene rings is 2. The van der Waals surface area contributed by atoms with Gasteiger partial charge in [0, 0.05) is 19.8 Å². The Labute approximate surface area is 111 Å². The summed E-state index contributed by atoms with van der Waals surface area (Å²) in [7, 11) is 3.95. The van der Waals surface area contributed by atoms with E-state index in [4.69, 9.17) is 9.84 Å². The minimum Gasteiger partial charge on any atom is -0.478 e.